The highest BCUT2D eigenvalue weighted by molar-refractivity contribution is 5.74. The molecular weight excluding hydrogens is 222 g/mol. The quantitative estimate of drug-likeness (QED) is 0.774. The summed E-state index contributed by atoms with van der Waals surface area (Å²) in [7, 11) is 3.00. The molecule has 0 aliphatic carbocycles. The Kier molecular flexibility index (Phi) is 4.25. The van der Waals surface area contributed by atoms with Crippen molar-refractivity contribution in [1.29, 1.82) is 0 Å². The average molecular weight is 239 g/mol. The first kappa shape index (κ1) is 13.2. The summed E-state index contributed by atoms with van der Waals surface area (Å²) < 4.78 is 4.56. The van der Waals surface area contributed by atoms with Gasteiger partial charge < -0.3 is 14.6 Å². The second-order valence-corrected chi connectivity index (χ2v) is 4.08. The first-order chi connectivity index (χ1) is 7.93. The van der Waals surface area contributed by atoms with Gasteiger partial charge in [0, 0.05) is 19.0 Å². The molecule has 94 valence electrons. The fourth-order valence-electron chi connectivity index (χ4n) is 1.27. The number of H-pyrrole nitrogens is 1. The van der Waals surface area contributed by atoms with Crippen LogP contribution in [-0.4, -0.2) is 36.6 Å². The monoisotopic (exact) mass is 239 g/mol. The van der Waals surface area contributed by atoms with Crippen LogP contribution in [0.1, 0.15) is 25.6 Å². The van der Waals surface area contributed by atoms with E-state index in [9.17, 15) is 9.59 Å². The van der Waals surface area contributed by atoms with Gasteiger partial charge in [0.2, 0.25) is 0 Å². The van der Waals surface area contributed by atoms with E-state index in [0.717, 1.165) is 0 Å². The number of carbonyl (C=O) groups excluding carboxylic acids is 1. The molecule has 0 aromatic carbocycles. The first-order valence-corrected chi connectivity index (χ1v) is 5.33. The second kappa shape index (κ2) is 5.47. The second-order valence-electron chi connectivity index (χ2n) is 4.08. The smallest absolute Gasteiger partial charge is 0.325 e. The number of aromatic amines is 1. The van der Waals surface area contributed by atoms with Gasteiger partial charge in [0.05, 0.1) is 7.11 Å². The summed E-state index contributed by atoms with van der Waals surface area (Å²) >= 11 is 0. The highest BCUT2D eigenvalue weighted by atomic mass is 16.5. The molecule has 0 radical (unpaired) electrons. The van der Waals surface area contributed by atoms with E-state index in [2.05, 4.69) is 14.7 Å². The third-order valence-electron chi connectivity index (χ3n) is 2.28. The summed E-state index contributed by atoms with van der Waals surface area (Å²) in [6, 6.07) is 1.36. The third-order valence-corrected chi connectivity index (χ3v) is 2.28. The molecular formula is C11H17N3O3. The molecule has 0 aliphatic rings. The number of nitrogens with zero attached hydrogens (tertiary/aromatic N) is 2. The maximum atomic E-state index is 11.4. The summed E-state index contributed by atoms with van der Waals surface area (Å²) in [5.74, 6) is 0.807. The van der Waals surface area contributed by atoms with Gasteiger partial charge in [-0.2, -0.15) is 0 Å². The van der Waals surface area contributed by atoms with Crippen LogP contribution >= 0.6 is 0 Å². The zero-order valence-corrected chi connectivity index (χ0v) is 10.5. The number of methoxy groups -OCH3 is 1. The van der Waals surface area contributed by atoms with Crippen LogP contribution in [0.15, 0.2) is 10.9 Å². The van der Waals surface area contributed by atoms with Crippen molar-refractivity contribution in [2.24, 2.45) is 0 Å². The summed E-state index contributed by atoms with van der Waals surface area (Å²) in [4.78, 5) is 31.1. The largest absolute Gasteiger partial charge is 0.468 e. The minimum atomic E-state index is -0.374. The summed E-state index contributed by atoms with van der Waals surface area (Å²) in [5, 5.41) is 0. The van der Waals surface area contributed by atoms with Gasteiger partial charge in [-0.1, -0.05) is 13.8 Å². The van der Waals surface area contributed by atoms with Gasteiger partial charge in [0.25, 0.3) is 5.56 Å². The molecule has 6 nitrogen and oxygen atoms in total. The van der Waals surface area contributed by atoms with Crippen LogP contribution in [0.25, 0.3) is 0 Å². The lowest BCUT2D eigenvalue weighted by Crippen LogP contribution is -2.29. The molecule has 0 saturated carbocycles. The predicted molar refractivity (Wildman–Crippen MR) is 64.2 cm³/mol. The van der Waals surface area contributed by atoms with Gasteiger partial charge in [-0.05, 0) is 0 Å². The molecule has 0 saturated heterocycles. The van der Waals surface area contributed by atoms with E-state index < -0.39 is 0 Å². The molecule has 6 heteroatoms. The molecule has 1 aromatic rings. The van der Waals surface area contributed by atoms with Gasteiger partial charge >= 0.3 is 5.97 Å². The third kappa shape index (κ3) is 3.58. The Morgan fingerprint density at radius 1 is 1.59 bits per heavy atom. The van der Waals surface area contributed by atoms with Crippen LogP contribution in [0.4, 0.5) is 5.82 Å². The fraction of sp³-hybridized carbons (Fsp3) is 0.545. The van der Waals surface area contributed by atoms with Gasteiger partial charge in [-0.25, -0.2) is 4.98 Å². The minimum absolute atomic E-state index is 0.0600. The molecule has 0 bridgehead atoms. The van der Waals surface area contributed by atoms with Crippen LogP contribution in [0, 0.1) is 0 Å². The van der Waals surface area contributed by atoms with Gasteiger partial charge in [0.15, 0.2) is 0 Å². The van der Waals surface area contributed by atoms with Gasteiger partial charge in [0.1, 0.15) is 18.2 Å². The van der Waals surface area contributed by atoms with Crippen molar-refractivity contribution in [2.45, 2.75) is 19.8 Å². The molecule has 0 aliphatic heterocycles. The van der Waals surface area contributed by atoms with E-state index in [1.54, 1.807) is 11.9 Å². The summed E-state index contributed by atoms with van der Waals surface area (Å²) in [5.41, 5.74) is -0.226. The van der Waals surface area contributed by atoms with Gasteiger partial charge in [-0.15, -0.1) is 0 Å². The topological polar surface area (TPSA) is 75.3 Å². The number of ether oxygens (including phenoxy) is 1. The minimum Gasteiger partial charge on any atom is -0.468 e. The molecule has 0 atom stereocenters. The molecule has 17 heavy (non-hydrogen) atoms. The highest BCUT2D eigenvalue weighted by Crippen LogP contribution is 2.11. The fourth-order valence-corrected chi connectivity index (χ4v) is 1.27. The normalized spacial score (nSPS) is 10.4. The van der Waals surface area contributed by atoms with Crippen molar-refractivity contribution in [3.63, 3.8) is 0 Å². The average Bonchev–Trinajstić information content (AvgIpc) is 2.27. The number of rotatable bonds is 4. The van der Waals surface area contributed by atoms with Crippen molar-refractivity contribution in [3.8, 4) is 0 Å². The lowest BCUT2D eigenvalue weighted by atomic mass is 10.2. The Balaban J connectivity index is 2.97. The van der Waals surface area contributed by atoms with E-state index in [1.807, 2.05) is 13.8 Å². The SMILES string of the molecule is COC(=O)CN(C)c1cc(=O)[nH]c(C(C)C)n1. The van der Waals surface area contributed by atoms with Crippen molar-refractivity contribution < 1.29 is 9.53 Å². The predicted octanol–water partition coefficient (Wildman–Crippen LogP) is 0.502. The number of hydrogen-bond acceptors (Lipinski definition) is 5. The Morgan fingerprint density at radius 2 is 2.24 bits per heavy atom. The molecule has 0 unspecified atom stereocenters. The van der Waals surface area contributed by atoms with Crippen LogP contribution in [0.5, 0.6) is 0 Å². The zero-order valence-electron chi connectivity index (χ0n) is 10.5. The van der Waals surface area contributed by atoms with E-state index in [4.69, 9.17) is 0 Å². The summed E-state index contributed by atoms with van der Waals surface area (Å²) in [6.45, 7) is 3.93. The molecule has 0 amide bonds. The number of hydrogen-bond donors (Lipinski definition) is 1. The summed E-state index contributed by atoms with van der Waals surface area (Å²) in [6.07, 6.45) is 0. The number of anilines is 1. The lowest BCUT2D eigenvalue weighted by Gasteiger charge is -2.17. The highest BCUT2D eigenvalue weighted by Gasteiger charge is 2.11. The van der Waals surface area contributed by atoms with Crippen molar-refractivity contribution in [1.82, 2.24) is 9.97 Å². The Bertz CT molecular complexity index is 454. The van der Waals surface area contributed by atoms with Crippen LogP contribution in [0.3, 0.4) is 0 Å². The number of esters is 1. The van der Waals surface area contributed by atoms with Crippen LogP contribution in [-0.2, 0) is 9.53 Å². The number of aromatic nitrogens is 2. The Labute approximate surface area is 99.6 Å². The standard InChI is InChI=1S/C11H17N3O3/c1-7(2)11-12-8(5-9(15)13-11)14(3)6-10(16)17-4/h5,7H,6H2,1-4H3,(H,12,13,15). The first-order valence-electron chi connectivity index (χ1n) is 5.33. The van der Waals surface area contributed by atoms with E-state index in [-0.39, 0.29) is 24.0 Å². The maximum absolute atomic E-state index is 11.4. The number of likely N-dealkylation sites (N-methyl/N-ethyl adjacent to an activating group) is 1. The van der Waals surface area contributed by atoms with Gasteiger partial charge in [-0.3, -0.25) is 9.59 Å². The van der Waals surface area contributed by atoms with E-state index >= 15 is 0 Å². The molecule has 1 N–H and O–H groups in total. The molecule has 1 heterocycles. The molecule has 0 spiro atoms. The van der Waals surface area contributed by atoms with Crippen molar-refractivity contribution in [2.75, 3.05) is 25.6 Å². The molecule has 1 rings (SSSR count). The Hall–Kier alpha value is -1.85. The number of nitrogens with one attached hydrogen (secondary N) is 1. The molecule has 0 fully saturated rings. The Morgan fingerprint density at radius 3 is 2.76 bits per heavy atom. The maximum Gasteiger partial charge on any atom is 0.325 e. The van der Waals surface area contributed by atoms with Crippen molar-refractivity contribution >= 4 is 11.8 Å². The molecule has 1 aromatic heterocycles. The number of carbonyl (C=O) groups is 1. The van der Waals surface area contributed by atoms with E-state index in [1.165, 1.54) is 13.2 Å². The van der Waals surface area contributed by atoms with Crippen LogP contribution < -0.4 is 10.5 Å². The lowest BCUT2D eigenvalue weighted by molar-refractivity contribution is -0.138. The zero-order chi connectivity index (χ0) is 13.0. The van der Waals surface area contributed by atoms with Crippen molar-refractivity contribution in [3.05, 3.63) is 22.2 Å². The van der Waals surface area contributed by atoms with E-state index in [0.29, 0.717) is 11.6 Å². The van der Waals surface area contributed by atoms with Crippen LogP contribution in [0.2, 0.25) is 0 Å².